The normalized spacial score (nSPS) is 9.83. The van der Waals surface area contributed by atoms with Gasteiger partial charge in [-0.2, -0.15) is 5.26 Å². The Kier molecular flexibility index (Phi) is 3.75. The Hall–Kier alpha value is -1.70. The van der Waals surface area contributed by atoms with Crippen LogP contribution in [0.2, 0.25) is 5.02 Å². The summed E-state index contributed by atoms with van der Waals surface area (Å²) in [6, 6.07) is 12.7. The number of nitrogens with two attached hydrogens (primary N) is 1. The minimum absolute atomic E-state index is 0.436. The molecule has 2 rings (SSSR count). The quantitative estimate of drug-likeness (QED) is 0.810. The summed E-state index contributed by atoms with van der Waals surface area (Å²) >= 11 is 9.46. The maximum absolute atomic E-state index is 8.92. The average Bonchev–Trinajstić information content (AvgIpc) is 2.36. The van der Waals surface area contributed by atoms with E-state index in [0.29, 0.717) is 16.3 Å². The Morgan fingerprint density at radius 3 is 2.72 bits per heavy atom. The van der Waals surface area contributed by atoms with E-state index in [1.54, 1.807) is 24.3 Å². The number of nitrogen functional groups attached to an aromatic ring is 1. The van der Waals surface area contributed by atoms with Crippen LogP contribution >= 0.6 is 27.5 Å². The van der Waals surface area contributed by atoms with Gasteiger partial charge in [0.2, 0.25) is 0 Å². The molecule has 0 heterocycles. The number of anilines is 3. The van der Waals surface area contributed by atoms with E-state index in [0.717, 1.165) is 15.8 Å². The largest absolute Gasteiger partial charge is 0.398 e. The van der Waals surface area contributed by atoms with Crippen molar-refractivity contribution in [2.45, 2.75) is 0 Å². The van der Waals surface area contributed by atoms with Crippen LogP contribution in [-0.2, 0) is 0 Å². The molecule has 0 spiro atoms. The second-order valence-corrected chi connectivity index (χ2v) is 4.99. The average molecular weight is 323 g/mol. The van der Waals surface area contributed by atoms with Crippen molar-refractivity contribution >= 4 is 44.6 Å². The molecule has 0 bridgehead atoms. The van der Waals surface area contributed by atoms with Gasteiger partial charge in [-0.05, 0) is 36.4 Å². The van der Waals surface area contributed by atoms with Crippen LogP contribution in [0.15, 0.2) is 40.9 Å². The SMILES string of the molecule is N#Cc1cc(Nc2cc(Br)ccc2Cl)ccc1N. The number of benzene rings is 2. The molecular formula is C13H9BrClN3. The minimum atomic E-state index is 0.436. The van der Waals surface area contributed by atoms with E-state index in [1.807, 2.05) is 18.2 Å². The third kappa shape index (κ3) is 2.76. The maximum atomic E-state index is 8.92. The lowest BCUT2D eigenvalue weighted by Crippen LogP contribution is -1.95. The summed E-state index contributed by atoms with van der Waals surface area (Å²) in [4.78, 5) is 0. The number of nitriles is 1. The van der Waals surface area contributed by atoms with Gasteiger partial charge < -0.3 is 11.1 Å². The summed E-state index contributed by atoms with van der Waals surface area (Å²) in [5.41, 5.74) is 8.09. The standard InChI is InChI=1S/C13H9BrClN3/c14-9-1-3-11(15)13(6-9)18-10-2-4-12(17)8(5-10)7-16/h1-6,18H,17H2. The lowest BCUT2D eigenvalue weighted by Gasteiger charge is -2.10. The third-order valence-electron chi connectivity index (χ3n) is 2.38. The highest BCUT2D eigenvalue weighted by Gasteiger charge is 2.04. The lowest BCUT2D eigenvalue weighted by atomic mass is 10.1. The van der Waals surface area contributed by atoms with Gasteiger partial charge in [0.1, 0.15) is 6.07 Å². The minimum Gasteiger partial charge on any atom is -0.398 e. The number of hydrogen-bond donors (Lipinski definition) is 2. The summed E-state index contributed by atoms with van der Waals surface area (Å²) in [5, 5.41) is 12.7. The summed E-state index contributed by atoms with van der Waals surface area (Å²) in [7, 11) is 0. The van der Waals surface area contributed by atoms with Gasteiger partial charge in [0.15, 0.2) is 0 Å². The maximum Gasteiger partial charge on any atom is 0.101 e. The third-order valence-corrected chi connectivity index (χ3v) is 3.20. The Bertz CT molecular complexity index is 635. The first-order chi connectivity index (χ1) is 8.60. The van der Waals surface area contributed by atoms with Crippen molar-refractivity contribution < 1.29 is 0 Å². The van der Waals surface area contributed by atoms with Gasteiger partial charge in [0, 0.05) is 15.8 Å². The summed E-state index contributed by atoms with van der Waals surface area (Å²) in [6.45, 7) is 0. The predicted molar refractivity (Wildman–Crippen MR) is 78.0 cm³/mol. The molecule has 0 amide bonds. The van der Waals surface area contributed by atoms with Crippen molar-refractivity contribution in [1.29, 1.82) is 5.26 Å². The Morgan fingerprint density at radius 2 is 2.00 bits per heavy atom. The second-order valence-electron chi connectivity index (χ2n) is 3.66. The van der Waals surface area contributed by atoms with Crippen molar-refractivity contribution in [3.63, 3.8) is 0 Å². The molecule has 0 fully saturated rings. The van der Waals surface area contributed by atoms with E-state index in [4.69, 9.17) is 22.6 Å². The van der Waals surface area contributed by atoms with E-state index in [1.165, 1.54) is 0 Å². The van der Waals surface area contributed by atoms with Gasteiger partial charge >= 0.3 is 0 Å². The lowest BCUT2D eigenvalue weighted by molar-refractivity contribution is 1.47. The fraction of sp³-hybridized carbons (Fsp3) is 0. The zero-order valence-corrected chi connectivity index (χ0v) is 11.6. The number of halogens is 2. The van der Waals surface area contributed by atoms with Crippen LogP contribution in [0.1, 0.15) is 5.56 Å². The first kappa shape index (κ1) is 12.7. The molecule has 0 aliphatic rings. The molecule has 3 nitrogen and oxygen atoms in total. The van der Waals surface area contributed by atoms with E-state index in [-0.39, 0.29) is 0 Å². The predicted octanol–water partition coefficient (Wildman–Crippen LogP) is 4.30. The molecule has 0 aliphatic carbocycles. The molecule has 0 radical (unpaired) electrons. The van der Waals surface area contributed by atoms with Crippen molar-refractivity contribution in [3.05, 3.63) is 51.5 Å². The smallest absolute Gasteiger partial charge is 0.101 e. The van der Waals surface area contributed by atoms with E-state index in [9.17, 15) is 0 Å². The summed E-state index contributed by atoms with van der Waals surface area (Å²) in [6.07, 6.45) is 0. The number of nitrogens with one attached hydrogen (secondary N) is 1. The van der Waals surface area contributed by atoms with Crippen molar-refractivity contribution in [3.8, 4) is 6.07 Å². The molecule has 2 aromatic rings. The molecule has 3 N–H and O–H groups in total. The molecule has 5 heteroatoms. The molecule has 2 aromatic carbocycles. The fourth-order valence-electron chi connectivity index (χ4n) is 1.48. The van der Waals surface area contributed by atoms with Crippen LogP contribution in [-0.4, -0.2) is 0 Å². The zero-order chi connectivity index (χ0) is 13.1. The number of hydrogen-bond acceptors (Lipinski definition) is 3. The van der Waals surface area contributed by atoms with Gasteiger partial charge in [-0.3, -0.25) is 0 Å². The molecule has 0 aliphatic heterocycles. The summed E-state index contributed by atoms with van der Waals surface area (Å²) in [5.74, 6) is 0. The van der Waals surface area contributed by atoms with E-state index >= 15 is 0 Å². The highest BCUT2D eigenvalue weighted by atomic mass is 79.9. The molecule has 0 unspecified atom stereocenters. The van der Waals surface area contributed by atoms with Gasteiger partial charge in [0.05, 0.1) is 16.3 Å². The van der Waals surface area contributed by atoms with Crippen molar-refractivity contribution in [2.75, 3.05) is 11.1 Å². The molecular weight excluding hydrogens is 314 g/mol. The number of rotatable bonds is 2. The van der Waals surface area contributed by atoms with Gasteiger partial charge in [-0.15, -0.1) is 0 Å². The van der Waals surface area contributed by atoms with Crippen LogP contribution in [0.3, 0.4) is 0 Å². The van der Waals surface area contributed by atoms with Gasteiger partial charge in [0.25, 0.3) is 0 Å². The first-order valence-corrected chi connectivity index (χ1v) is 6.29. The van der Waals surface area contributed by atoms with E-state index in [2.05, 4.69) is 21.2 Å². The fourth-order valence-corrected chi connectivity index (χ4v) is 2.01. The Morgan fingerprint density at radius 1 is 1.22 bits per heavy atom. The molecule has 0 aromatic heterocycles. The first-order valence-electron chi connectivity index (χ1n) is 5.12. The van der Waals surface area contributed by atoms with Crippen LogP contribution in [0.5, 0.6) is 0 Å². The van der Waals surface area contributed by atoms with Crippen molar-refractivity contribution in [2.24, 2.45) is 0 Å². The molecule has 0 atom stereocenters. The molecule has 0 saturated heterocycles. The Labute approximate surface area is 118 Å². The van der Waals surface area contributed by atoms with Gasteiger partial charge in [-0.25, -0.2) is 0 Å². The molecule has 0 saturated carbocycles. The van der Waals surface area contributed by atoms with E-state index < -0.39 is 0 Å². The topological polar surface area (TPSA) is 61.8 Å². The Balaban J connectivity index is 2.34. The van der Waals surface area contributed by atoms with Crippen LogP contribution in [0.4, 0.5) is 17.1 Å². The van der Waals surface area contributed by atoms with Crippen LogP contribution in [0, 0.1) is 11.3 Å². The van der Waals surface area contributed by atoms with Crippen LogP contribution < -0.4 is 11.1 Å². The molecule has 18 heavy (non-hydrogen) atoms. The summed E-state index contributed by atoms with van der Waals surface area (Å²) < 4.78 is 0.922. The zero-order valence-electron chi connectivity index (χ0n) is 9.24. The molecule has 90 valence electrons. The van der Waals surface area contributed by atoms with Crippen molar-refractivity contribution in [1.82, 2.24) is 0 Å². The second kappa shape index (κ2) is 5.30. The number of nitrogens with zero attached hydrogens (tertiary/aromatic N) is 1. The highest BCUT2D eigenvalue weighted by molar-refractivity contribution is 9.10. The van der Waals surface area contributed by atoms with Gasteiger partial charge in [-0.1, -0.05) is 27.5 Å². The van der Waals surface area contributed by atoms with Crippen LogP contribution in [0.25, 0.3) is 0 Å². The monoisotopic (exact) mass is 321 g/mol. The highest BCUT2D eigenvalue weighted by Crippen LogP contribution is 2.29.